The van der Waals surface area contributed by atoms with Crippen molar-refractivity contribution < 1.29 is 18.4 Å². The molecular formula is C17H15BrF2N4O2. The summed E-state index contributed by atoms with van der Waals surface area (Å²) < 4.78 is 26.8. The third-order valence-electron chi connectivity index (χ3n) is 3.84. The van der Waals surface area contributed by atoms with Crippen molar-refractivity contribution in [2.24, 2.45) is 5.92 Å². The number of hydrogen-bond acceptors (Lipinski definition) is 4. The van der Waals surface area contributed by atoms with Crippen molar-refractivity contribution >= 4 is 33.7 Å². The summed E-state index contributed by atoms with van der Waals surface area (Å²) in [5.41, 5.74) is 0.164. The average Bonchev–Trinajstić information content (AvgIpc) is 3.42. The molecule has 0 aliphatic heterocycles. The van der Waals surface area contributed by atoms with E-state index in [-0.39, 0.29) is 22.5 Å². The third kappa shape index (κ3) is 4.81. The molecule has 1 aliphatic rings. The van der Waals surface area contributed by atoms with Gasteiger partial charge in [0.05, 0.1) is 16.9 Å². The van der Waals surface area contributed by atoms with Crippen LogP contribution in [0.25, 0.3) is 0 Å². The molecule has 0 radical (unpaired) electrons. The van der Waals surface area contributed by atoms with E-state index in [4.69, 9.17) is 0 Å². The molecule has 9 heteroatoms. The lowest BCUT2D eigenvalue weighted by Gasteiger charge is -2.22. The second kappa shape index (κ2) is 7.86. The van der Waals surface area contributed by atoms with E-state index < -0.39 is 23.4 Å². The van der Waals surface area contributed by atoms with Crippen LogP contribution in [0.4, 0.5) is 14.7 Å². The van der Waals surface area contributed by atoms with E-state index in [1.54, 1.807) is 0 Å². The zero-order valence-electron chi connectivity index (χ0n) is 13.6. The van der Waals surface area contributed by atoms with Crippen molar-refractivity contribution in [3.05, 3.63) is 52.3 Å². The highest BCUT2D eigenvalue weighted by atomic mass is 79.9. The average molecular weight is 425 g/mol. The van der Waals surface area contributed by atoms with Crippen LogP contribution in [0.3, 0.4) is 0 Å². The summed E-state index contributed by atoms with van der Waals surface area (Å²) >= 11 is 3.04. The largest absolute Gasteiger partial charge is 0.329 e. The number of anilines is 1. The lowest BCUT2D eigenvalue weighted by molar-refractivity contribution is -0.117. The molecule has 1 aromatic carbocycles. The van der Waals surface area contributed by atoms with Crippen LogP contribution in [0.5, 0.6) is 0 Å². The quantitative estimate of drug-likeness (QED) is 0.773. The fourth-order valence-electron chi connectivity index (χ4n) is 2.36. The Morgan fingerprint density at radius 1 is 1.23 bits per heavy atom. The predicted molar refractivity (Wildman–Crippen MR) is 93.3 cm³/mol. The lowest BCUT2D eigenvalue weighted by atomic mass is 10.2. The number of rotatable bonds is 6. The molecule has 2 amide bonds. The molecule has 0 saturated heterocycles. The zero-order valence-corrected chi connectivity index (χ0v) is 15.2. The molecule has 3 rings (SSSR count). The minimum Gasteiger partial charge on any atom is -0.329 e. The molecule has 1 heterocycles. The number of halogens is 3. The van der Waals surface area contributed by atoms with Gasteiger partial charge >= 0.3 is 0 Å². The number of hydrogen-bond donors (Lipinski definition) is 1. The second-order valence-corrected chi connectivity index (χ2v) is 6.89. The molecule has 1 fully saturated rings. The van der Waals surface area contributed by atoms with E-state index in [0.717, 1.165) is 31.3 Å². The van der Waals surface area contributed by atoms with Crippen LogP contribution < -0.4 is 5.32 Å². The highest BCUT2D eigenvalue weighted by Crippen LogP contribution is 2.30. The summed E-state index contributed by atoms with van der Waals surface area (Å²) in [5, 5.41) is 2.42. The second-order valence-electron chi connectivity index (χ2n) is 6.03. The fraction of sp³-hybridized carbons (Fsp3) is 0.294. The molecule has 1 aliphatic carbocycles. The van der Waals surface area contributed by atoms with Crippen LogP contribution in [0.1, 0.15) is 23.2 Å². The van der Waals surface area contributed by atoms with Crippen LogP contribution in [0.15, 0.2) is 35.1 Å². The van der Waals surface area contributed by atoms with Gasteiger partial charge in [-0.15, -0.1) is 0 Å². The first-order valence-corrected chi connectivity index (χ1v) is 8.73. The number of nitrogens with zero attached hydrogens (tertiary/aromatic N) is 3. The highest BCUT2D eigenvalue weighted by molar-refractivity contribution is 9.10. The number of aromatic nitrogens is 2. The summed E-state index contributed by atoms with van der Waals surface area (Å²) in [7, 11) is 0. The minimum atomic E-state index is -0.620. The van der Waals surface area contributed by atoms with Crippen LogP contribution >= 0.6 is 15.9 Å². The van der Waals surface area contributed by atoms with Crippen molar-refractivity contribution in [1.29, 1.82) is 0 Å². The molecule has 1 saturated carbocycles. The summed E-state index contributed by atoms with van der Waals surface area (Å²) in [6.45, 7) is 0.183. The monoisotopic (exact) mass is 424 g/mol. The molecule has 0 unspecified atom stereocenters. The van der Waals surface area contributed by atoms with E-state index in [0.29, 0.717) is 12.5 Å². The number of benzene rings is 1. The van der Waals surface area contributed by atoms with Crippen molar-refractivity contribution in [3.63, 3.8) is 0 Å². The van der Waals surface area contributed by atoms with Gasteiger partial charge < -0.3 is 4.90 Å². The maximum absolute atomic E-state index is 13.7. The van der Waals surface area contributed by atoms with Gasteiger partial charge in [-0.2, -0.15) is 0 Å². The van der Waals surface area contributed by atoms with Gasteiger partial charge in [-0.1, -0.05) is 0 Å². The van der Waals surface area contributed by atoms with E-state index in [2.05, 4.69) is 31.2 Å². The Hall–Kier alpha value is -2.42. The summed E-state index contributed by atoms with van der Waals surface area (Å²) in [6.07, 6.45) is 3.84. The smallest absolute Gasteiger partial charge is 0.254 e. The van der Waals surface area contributed by atoms with Gasteiger partial charge in [0.1, 0.15) is 12.4 Å². The molecule has 0 spiro atoms. The van der Waals surface area contributed by atoms with Crippen LogP contribution in [-0.4, -0.2) is 39.8 Å². The van der Waals surface area contributed by atoms with Gasteiger partial charge in [-0.25, -0.2) is 18.7 Å². The SMILES string of the molecule is O=C(CN(CC1CC1)C(=O)c1ccc(Br)c(F)c1)Nc1ncc(F)cn1. The number of amides is 2. The Bertz CT molecular complexity index is 828. The van der Waals surface area contributed by atoms with E-state index >= 15 is 0 Å². The normalized spacial score (nSPS) is 13.3. The Morgan fingerprint density at radius 3 is 2.54 bits per heavy atom. The summed E-state index contributed by atoms with van der Waals surface area (Å²) in [4.78, 5) is 33.6. The maximum Gasteiger partial charge on any atom is 0.254 e. The lowest BCUT2D eigenvalue weighted by Crippen LogP contribution is -2.39. The van der Waals surface area contributed by atoms with Gasteiger partial charge in [-0.05, 0) is 52.9 Å². The van der Waals surface area contributed by atoms with Gasteiger partial charge in [-0.3, -0.25) is 14.9 Å². The van der Waals surface area contributed by atoms with Crippen LogP contribution in [0, 0.1) is 17.6 Å². The Balaban J connectivity index is 1.70. The van der Waals surface area contributed by atoms with Crippen molar-refractivity contribution in [2.45, 2.75) is 12.8 Å². The molecule has 26 heavy (non-hydrogen) atoms. The molecule has 1 aromatic heterocycles. The first-order valence-electron chi connectivity index (χ1n) is 7.94. The van der Waals surface area contributed by atoms with E-state index in [1.165, 1.54) is 17.0 Å². The van der Waals surface area contributed by atoms with E-state index in [9.17, 15) is 18.4 Å². The summed E-state index contributed by atoms with van der Waals surface area (Å²) in [5.74, 6) is -1.82. The Morgan fingerprint density at radius 2 is 1.92 bits per heavy atom. The fourth-order valence-corrected chi connectivity index (χ4v) is 2.60. The standard InChI is InChI=1S/C17H15BrF2N4O2/c18-13-4-3-11(5-14(13)20)16(26)24(8-10-1-2-10)9-15(25)23-17-21-6-12(19)7-22-17/h3-7,10H,1-2,8-9H2,(H,21,22,23,25). The van der Waals surface area contributed by atoms with Crippen molar-refractivity contribution in [3.8, 4) is 0 Å². The first-order chi connectivity index (χ1) is 12.4. The van der Waals surface area contributed by atoms with Crippen molar-refractivity contribution in [2.75, 3.05) is 18.4 Å². The predicted octanol–water partition coefficient (Wildman–Crippen LogP) is 3.01. The molecule has 136 valence electrons. The zero-order chi connectivity index (χ0) is 18.7. The van der Waals surface area contributed by atoms with Gasteiger partial charge in [0.25, 0.3) is 5.91 Å². The van der Waals surface area contributed by atoms with Crippen LogP contribution in [0.2, 0.25) is 0 Å². The van der Waals surface area contributed by atoms with E-state index in [1.807, 2.05) is 0 Å². The van der Waals surface area contributed by atoms with Gasteiger partial charge in [0.15, 0.2) is 5.82 Å². The maximum atomic E-state index is 13.7. The highest BCUT2D eigenvalue weighted by Gasteiger charge is 2.29. The van der Waals surface area contributed by atoms with Gasteiger partial charge in [0.2, 0.25) is 11.9 Å². The third-order valence-corrected chi connectivity index (χ3v) is 4.48. The minimum absolute atomic E-state index is 0.0510. The van der Waals surface area contributed by atoms with Gasteiger partial charge in [0, 0.05) is 12.1 Å². The number of carbonyl (C=O) groups is 2. The topological polar surface area (TPSA) is 75.2 Å². The Kier molecular flexibility index (Phi) is 5.55. The van der Waals surface area contributed by atoms with Crippen LogP contribution in [-0.2, 0) is 4.79 Å². The number of carbonyl (C=O) groups excluding carboxylic acids is 2. The first kappa shape index (κ1) is 18.4. The van der Waals surface area contributed by atoms with Crippen molar-refractivity contribution in [1.82, 2.24) is 14.9 Å². The molecule has 1 N–H and O–H groups in total. The molecular weight excluding hydrogens is 410 g/mol. The molecule has 0 bridgehead atoms. The molecule has 0 atom stereocenters. The number of nitrogens with one attached hydrogen (secondary N) is 1. The summed E-state index contributed by atoms with van der Waals surface area (Å²) in [6, 6.07) is 4.08. The molecule has 2 aromatic rings. The molecule has 6 nitrogen and oxygen atoms in total. The Labute approximate surface area is 156 Å².